The van der Waals surface area contributed by atoms with E-state index in [2.05, 4.69) is 60.9 Å². The summed E-state index contributed by atoms with van der Waals surface area (Å²) in [5.41, 5.74) is 9.10. The molecule has 0 saturated heterocycles. The molecule has 0 fully saturated rings. The highest BCUT2D eigenvalue weighted by molar-refractivity contribution is 7.98. The lowest BCUT2D eigenvalue weighted by atomic mass is 10.1. The molecule has 4 nitrogen and oxygen atoms in total. The summed E-state index contributed by atoms with van der Waals surface area (Å²) in [6, 6.07) is 20.6. The number of nitrogens with two attached hydrogens (primary N) is 1. The van der Waals surface area contributed by atoms with E-state index in [0.29, 0.717) is 11.5 Å². The van der Waals surface area contributed by atoms with Gasteiger partial charge in [-0.1, -0.05) is 68.1 Å². The van der Waals surface area contributed by atoms with Crippen LogP contribution in [0.5, 0.6) is 0 Å². The fourth-order valence-electron chi connectivity index (χ4n) is 3.45. The Bertz CT molecular complexity index is 1180. The van der Waals surface area contributed by atoms with Crippen molar-refractivity contribution < 1.29 is 4.79 Å². The Morgan fingerprint density at radius 2 is 1.86 bits per heavy atom. The van der Waals surface area contributed by atoms with Crippen LogP contribution < -0.4 is 5.73 Å². The molecule has 29 heavy (non-hydrogen) atoms. The molecule has 0 saturated carbocycles. The van der Waals surface area contributed by atoms with Crippen LogP contribution in [-0.2, 0) is 12.3 Å². The smallest absolute Gasteiger partial charge is 0.248 e. The zero-order valence-electron chi connectivity index (χ0n) is 16.8. The Morgan fingerprint density at radius 3 is 2.62 bits per heavy atom. The molecule has 0 spiro atoms. The molecule has 0 aliphatic rings. The second-order valence-electron chi connectivity index (χ2n) is 7.77. The standard InChI is InChI=1S/C24H25N3OS/c1-16(2)11-12-27-22-10-9-20(23(25)28)14-21(22)26-24(27)29-15-17-7-8-18-5-3-4-6-19(18)13-17/h3-10,13-14,16H,11-12,15H2,1-2H3,(H2,25,28). The number of aromatic nitrogens is 2. The summed E-state index contributed by atoms with van der Waals surface area (Å²) in [5, 5.41) is 3.49. The minimum atomic E-state index is -0.422. The lowest BCUT2D eigenvalue weighted by molar-refractivity contribution is 0.100. The minimum Gasteiger partial charge on any atom is -0.366 e. The first-order chi connectivity index (χ1) is 14.0. The fourth-order valence-corrected chi connectivity index (χ4v) is 4.43. The van der Waals surface area contributed by atoms with Crippen molar-refractivity contribution in [1.82, 2.24) is 9.55 Å². The minimum absolute atomic E-state index is 0.422. The zero-order valence-corrected chi connectivity index (χ0v) is 17.6. The maximum absolute atomic E-state index is 11.6. The average molecular weight is 404 g/mol. The van der Waals surface area contributed by atoms with Crippen molar-refractivity contribution in [3.05, 3.63) is 71.8 Å². The van der Waals surface area contributed by atoms with E-state index in [0.717, 1.165) is 34.9 Å². The van der Waals surface area contributed by atoms with Gasteiger partial charge < -0.3 is 10.3 Å². The Balaban J connectivity index is 1.64. The molecule has 0 bridgehead atoms. The van der Waals surface area contributed by atoms with Crippen LogP contribution >= 0.6 is 11.8 Å². The number of aryl methyl sites for hydroxylation is 1. The molecular formula is C24H25N3OS. The van der Waals surface area contributed by atoms with E-state index in [1.165, 1.54) is 16.3 Å². The molecule has 4 rings (SSSR count). The van der Waals surface area contributed by atoms with E-state index in [1.54, 1.807) is 23.9 Å². The molecule has 0 aliphatic heterocycles. The molecule has 0 atom stereocenters. The van der Waals surface area contributed by atoms with Crippen LogP contribution in [0, 0.1) is 5.92 Å². The van der Waals surface area contributed by atoms with Crippen LogP contribution in [0.4, 0.5) is 0 Å². The number of thioether (sulfide) groups is 1. The summed E-state index contributed by atoms with van der Waals surface area (Å²) in [4.78, 5) is 16.4. The molecule has 1 heterocycles. The van der Waals surface area contributed by atoms with Gasteiger partial charge in [-0.15, -0.1) is 0 Å². The first kappa shape index (κ1) is 19.5. The molecule has 3 aromatic carbocycles. The number of imidazole rings is 1. The van der Waals surface area contributed by atoms with Crippen molar-refractivity contribution >= 4 is 39.5 Å². The number of nitrogens with zero attached hydrogens (tertiary/aromatic N) is 2. The highest BCUT2D eigenvalue weighted by Crippen LogP contribution is 2.29. The Labute approximate surface area is 175 Å². The summed E-state index contributed by atoms with van der Waals surface area (Å²) in [7, 11) is 0. The molecule has 4 aromatic rings. The number of benzene rings is 3. The highest BCUT2D eigenvalue weighted by Gasteiger charge is 2.14. The van der Waals surface area contributed by atoms with Crippen molar-refractivity contribution in [3.63, 3.8) is 0 Å². The fraction of sp³-hybridized carbons (Fsp3) is 0.250. The van der Waals surface area contributed by atoms with Crippen LogP contribution in [0.15, 0.2) is 65.8 Å². The maximum atomic E-state index is 11.6. The third-order valence-corrected chi connectivity index (χ3v) is 6.16. The van der Waals surface area contributed by atoms with E-state index in [9.17, 15) is 4.79 Å². The van der Waals surface area contributed by atoms with Crippen molar-refractivity contribution in [2.24, 2.45) is 11.7 Å². The predicted octanol–water partition coefficient (Wildman–Crippen LogP) is 5.63. The zero-order chi connectivity index (χ0) is 20.4. The van der Waals surface area contributed by atoms with E-state index in [1.807, 2.05) is 6.07 Å². The van der Waals surface area contributed by atoms with Crippen LogP contribution in [0.3, 0.4) is 0 Å². The number of fused-ring (bicyclic) bond motifs is 2. The molecular weight excluding hydrogens is 378 g/mol. The van der Waals surface area contributed by atoms with Gasteiger partial charge in [-0.3, -0.25) is 4.79 Å². The van der Waals surface area contributed by atoms with E-state index >= 15 is 0 Å². The molecule has 0 radical (unpaired) electrons. The lowest BCUT2D eigenvalue weighted by Gasteiger charge is -2.11. The normalized spacial score (nSPS) is 11.6. The Morgan fingerprint density at radius 1 is 1.07 bits per heavy atom. The van der Waals surface area contributed by atoms with Gasteiger partial charge in [-0.2, -0.15) is 0 Å². The lowest BCUT2D eigenvalue weighted by Crippen LogP contribution is -2.10. The molecule has 0 aliphatic carbocycles. The topological polar surface area (TPSA) is 60.9 Å². The summed E-state index contributed by atoms with van der Waals surface area (Å²) in [6.07, 6.45) is 1.08. The number of hydrogen-bond donors (Lipinski definition) is 1. The van der Waals surface area contributed by atoms with Gasteiger partial charge in [0.05, 0.1) is 11.0 Å². The van der Waals surface area contributed by atoms with Crippen molar-refractivity contribution in [1.29, 1.82) is 0 Å². The van der Waals surface area contributed by atoms with Gasteiger partial charge in [0.15, 0.2) is 5.16 Å². The third-order valence-electron chi connectivity index (χ3n) is 5.11. The van der Waals surface area contributed by atoms with Crippen LogP contribution in [0.1, 0.15) is 36.2 Å². The Kier molecular flexibility index (Phi) is 5.58. The largest absolute Gasteiger partial charge is 0.366 e. The quantitative estimate of drug-likeness (QED) is 0.407. The number of primary amides is 1. The first-order valence-electron chi connectivity index (χ1n) is 9.92. The number of rotatable bonds is 7. The molecule has 1 amide bonds. The first-order valence-corrected chi connectivity index (χ1v) is 10.9. The molecule has 5 heteroatoms. The van der Waals surface area contributed by atoms with E-state index in [-0.39, 0.29) is 0 Å². The van der Waals surface area contributed by atoms with Crippen LogP contribution in [-0.4, -0.2) is 15.5 Å². The number of carbonyl (C=O) groups is 1. The highest BCUT2D eigenvalue weighted by atomic mass is 32.2. The number of amides is 1. The monoisotopic (exact) mass is 403 g/mol. The second-order valence-corrected chi connectivity index (χ2v) is 8.71. The van der Waals surface area contributed by atoms with Gasteiger partial charge in [0.2, 0.25) is 5.91 Å². The molecule has 2 N–H and O–H groups in total. The summed E-state index contributed by atoms with van der Waals surface area (Å²) in [6.45, 7) is 5.36. The second kappa shape index (κ2) is 8.29. The number of carbonyl (C=O) groups excluding carboxylic acids is 1. The summed E-state index contributed by atoms with van der Waals surface area (Å²) in [5.74, 6) is 1.03. The van der Waals surface area contributed by atoms with Crippen molar-refractivity contribution in [2.45, 2.75) is 37.7 Å². The van der Waals surface area contributed by atoms with Gasteiger partial charge in [-0.05, 0) is 46.9 Å². The van der Waals surface area contributed by atoms with Crippen LogP contribution in [0.25, 0.3) is 21.8 Å². The SMILES string of the molecule is CC(C)CCn1c(SCc2ccc3ccccc3c2)nc2cc(C(N)=O)ccc21. The summed E-state index contributed by atoms with van der Waals surface area (Å²) >= 11 is 1.74. The molecule has 0 unspecified atom stereocenters. The van der Waals surface area contributed by atoms with E-state index in [4.69, 9.17) is 10.7 Å². The Hall–Kier alpha value is -2.79. The van der Waals surface area contributed by atoms with Gasteiger partial charge >= 0.3 is 0 Å². The van der Waals surface area contributed by atoms with Crippen LogP contribution in [0.2, 0.25) is 0 Å². The third kappa shape index (κ3) is 4.30. The van der Waals surface area contributed by atoms with E-state index < -0.39 is 5.91 Å². The predicted molar refractivity (Wildman–Crippen MR) is 121 cm³/mol. The van der Waals surface area contributed by atoms with Gasteiger partial charge in [-0.25, -0.2) is 4.98 Å². The van der Waals surface area contributed by atoms with Crippen molar-refractivity contribution in [3.8, 4) is 0 Å². The van der Waals surface area contributed by atoms with Gasteiger partial charge in [0, 0.05) is 17.9 Å². The van der Waals surface area contributed by atoms with Gasteiger partial charge in [0.1, 0.15) is 0 Å². The number of hydrogen-bond acceptors (Lipinski definition) is 3. The summed E-state index contributed by atoms with van der Waals surface area (Å²) < 4.78 is 2.27. The van der Waals surface area contributed by atoms with Gasteiger partial charge in [0.25, 0.3) is 0 Å². The maximum Gasteiger partial charge on any atom is 0.248 e. The van der Waals surface area contributed by atoms with Crippen molar-refractivity contribution in [2.75, 3.05) is 0 Å². The molecule has 148 valence electrons. The average Bonchev–Trinajstić information content (AvgIpc) is 3.07. The molecule has 1 aromatic heterocycles.